The Morgan fingerprint density at radius 3 is 1.65 bits per heavy atom. The van der Waals surface area contributed by atoms with Crippen LogP contribution < -0.4 is 0 Å². The van der Waals surface area contributed by atoms with E-state index in [1.807, 2.05) is 6.92 Å². The van der Waals surface area contributed by atoms with Gasteiger partial charge in [0, 0.05) is 17.4 Å². The molecule has 3 N–H and O–H groups in total. The lowest BCUT2D eigenvalue weighted by Crippen LogP contribution is -2.37. The molecule has 1 unspecified atom stereocenters. The fourth-order valence-corrected chi connectivity index (χ4v) is 2.95. The number of alkyl halides is 3. The fraction of sp³-hybridized carbons (Fsp3) is 1.00. The molecule has 0 amide bonds. The van der Waals surface area contributed by atoms with E-state index in [-0.39, 0.29) is 32.8 Å². The van der Waals surface area contributed by atoms with Gasteiger partial charge in [-0.25, -0.2) is 0 Å². The minimum atomic E-state index is -4.36. The maximum absolute atomic E-state index is 12.7. The number of hydrogen-bond donors (Lipinski definition) is 3. The number of rotatable bonds is 13. The van der Waals surface area contributed by atoms with Gasteiger partial charge in [-0.15, -0.1) is 0 Å². The van der Waals surface area contributed by atoms with Gasteiger partial charge in [-0.3, -0.25) is 0 Å². The molecule has 23 heavy (non-hydrogen) atoms. The fourth-order valence-electron chi connectivity index (χ4n) is 2.95. The van der Waals surface area contributed by atoms with Crippen LogP contribution in [0.1, 0.15) is 52.4 Å². The molecule has 0 aromatic heterocycles. The summed E-state index contributed by atoms with van der Waals surface area (Å²) in [5.41, 5.74) is -1.98. The van der Waals surface area contributed by atoms with Crippen LogP contribution in [0, 0.1) is 10.8 Å². The quantitative estimate of drug-likeness (QED) is 0.449. The Morgan fingerprint density at radius 1 is 0.783 bits per heavy atom. The molecule has 0 saturated carbocycles. The van der Waals surface area contributed by atoms with Crippen molar-refractivity contribution in [1.82, 2.24) is 0 Å². The number of hydrogen-bond acceptors (Lipinski definition) is 4. The second-order valence-electron chi connectivity index (χ2n) is 6.57. The van der Waals surface area contributed by atoms with E-state index in [9.17, 15) is 28.5 Å². The molecule has 4 nitrogen and oxygen atoms in total. The van der Waals surface area contributed by atoms with Crippen LogP contribution in [0.25, 0.3) is 0 Å². The van der Waals surface area contributed by atoms with Gasteiger partial charge in [-0.05, 0) is 19.3 Å². The second-order valence-corrected chi connectivity index (χ2v) is 6.57. The van der Waals surface area contributed by atoms with Gasteiger partial charge in [0.25, 0.3) is 0 Å². The molecule has 0 spiro atoms. The standard InChI is InChI=1S/C16H31F3O4/c1-3-5-14(10-20,11-21)7-8-23-13-15(12-22,6-4-2)9-16(17,18)19/h20-22H,3-13H2,1-2H3. The molecular formula is C16H31F3O4. The Kier molecular flexibility index (Phi) is 10.3. The highest BCUT2D eigenvalue weighted by Gasteiger charge is 2.42. The van der Waals surface area contributed by atoms with Crippen molar-refractivity contribution in [3.63, 3.8) is 0 Å². The van der Waals surface area contributed by atoms with Crippen molar-refractivity contribution >= 4 is 0 Å². The van der Waals surface area contributed by atoms with E-state index in [4.69, 9.17) is 4.74 Å². The Balaban J connectivity index is 4.62. The van der Waals surface area contributed by atoms with Crippen molar-refractivity contribution in [3.05, 3.63) is 0 Å². The van der Waals surface area contributed by atoms with Gasteiger partial charge in [0.2, 0.25) is 0 Å². The van der Waals surface area contributed by atoms with Crippen LogP contribution in [0.4, 0.5) is 13.2 Å². The van der Waals surface area contributed by atoms with E-state index in [2.05, 4.69) is 0 Å². The highest BCUT2D eigenvalue weighted by molar-refractivity contribution is 4.82. The average molecular weight is 344 g/mol. The zero-order valence-electron chi connectivity index (χ0n) is 14.2. The molecule has 0 aromatic rings. The zero-order chi connectivity index (χ0) is 18.0. The van der Waals surface area contributed by atoms with E-state index in [1.54, 1.807) is 6.92 Å². The maximum Gasteiger partial charge on any atom is 0.389 e. The summed E-state index contributed by atoms with van der Waals surface area (Å²) in [5, 5.41) is 28.3. The molecule has 1 atom stereocenters. The number of aliphatic hydroxyl groups is 3. The third-order valence-corrected chi connectivity index (χ3v) is 4.33. The SMILES string of the molecule is CCCC(CO)(CO)CCOCC(CO)(CCC)CC(F)(F)F. The van der Waals surface area contributed by atoms with Crippen LogP contribution in [0.15, 0.2) is 0 Å². The average Bonchev–Trinajstić information content (AvgIpc) is 2.49. The lowest BCUT2D eigenvalue weighted by Gasteiger charge is -2.33. The number of halogens is 3. The van der Waals surface area contributed by atoms with Gasteiger partial charge >= 0.3 is 6.18 Å². The summed E-state index contributed by atoms with van der Waals surface area (Å²) in [6.07, 6.45) is -2.92. The summed E-state index contributed by atoms with van der Waals surface area (Å²) in [7, 11) is 0. The van der Waals surface area contributed by atoms with Gasteiger partial charge in [0.05, 0.1) is 32.8 Å². The van der Waals surface area contributed by atoms with E-state index >= 15 is 0 Å². The third kappa shape index (κ3) is 8.33. The normalized spacial score (nSPS) is 15.7. The molecular weight excluding hydrogens is 313 g/mol. The van der Waals surface area contributed by atoms with Crippen LogP contribution in [-0.4, -0.2) is 54.5 Å². The molecule has 0 aromatic carbocycles. The van der Waals surface area contributed by atoms with Gasteiger partial charge in [0.15, 0.2) is 0 Å². The summed E-state index contributed by atoms with van der Waals surface area (Å²) in [4.78, 5) is 0. The molecule has 140 valence electrons. The molecule has 0 bridgehead atoms. The third-order valence-electron chi connectivity index (χ3n) is 4.33. The molecule has 0 aliphatic carbocycles. The van der Waals surface area contributed by atoms with Crippen molar-refractivity contribution in [1.29, 1.82) is 0 Å². The van der Waals surface area contributed by atoms with Crippen molar-refractivity contribution in [2.24, 2.45) is 10.8 Å². The largest absolute Gasteiger partial charge is 0.396 e. The maximum atomic E-state index is 12.7. The summed E-state index contributed by atoms with van der Waals surface area (Å²) in [6.45, 7) is 2.69. The number of aliphatic hydroxyl groups excluding tert-OH is 3. The topological polar surface area (TPSA) is 69.9 Å². The van der Waals surface area contributed by atoms with Gasteiger partial charge < -0.3 is 20.1 Å². The molecule has 0 rings (SSSR count). The molecule has 0 heterocycles. The Bertz CT molecular complexity index is 306. The highest BCUT2D eigenvalue weighted by atomic mass is 19.4. The van der Waals surface area contributed by atoms with Gasteiger partial charge in [-0.1, -0.05) is 26.7 Å². The van der Waals surface area contributed by atoms with Crippen molar-refractivity contribution < 1.29 is 33.2 Å². The molecule has 0 fully saturated rings. The lowest BCUT2D eigenvalue weighted by atomic mass is 9.81. The van der Waals surface area contributed by atoms with Crippen LogP contribution in [0.2, 0.25) is 0 Å². The van der Waals surface area contributed by atoms with E-state index in [1.165, 1.54) is 0 Å². The monoisotopic (exact) mass is 344 g/mol. The minimum absolute atomic E-state index is 0.143. The van der Waals surface area contributed by atoms with Gasteiger partial charge in [-0.2, -0.15) is 13.2 Å². The van der Waals surface area contributed by atoms with Crippen LogP contribution in [0.5, 0.6) is 0 Å². The minimum Gasteiger partial charge on any atom is -0.396 e. The predicted octanol–water partition coefficient (Wildman–Crippen LogP) is 2.90. The summed E-state index contributed by atoms with van der Waals surface area (Å²) in [6, 6.07) is 0. The molecule has 7 heteroatoms. The second kappa shape index (κ2) is 10.5. The summed E-state index contributed by atoms with van der Waals surface area (Å²) in [5.74, 6) is 0. The summed E-state index contributed by atoms with van der Waals surface area (Å²) < 4.78 is 43.6. The predicted molar refractivity (Wildman–Crippen MR) is 82.0 cm³/mol. The van der Waals surface area contributed by atoms with Crippen molar-refractivity contribution in [2.75, 3.05) is 33.0 Å². The van der Waals surface area contributed by atoms with Crippen molar-refractivity contribution in [2.45, 2.75) is 58.5 Å². The smallest absolute Gasteiger partial charge is 0.389 e. The molecule has 0 saturated heterocycles. The molecule has 0 radical (unpaired) electrons. The zero-order valence-corrected chi connectivity index (χ0v) is 14.2. The Morgan fingerprint density at radius 2 is 1.26 bits per heavy atom. The van der Waals surface area contributed by atoms with Crippen LogP contribution >= 0.6 is 0 Å². The summed E-state index contributed by atoms with van der Waals surface area (Å²) >= 11 is 0. The van der Waals surface area contributed by atoms with E-state index < -0.39 is 30.0 Å². The van der Waals surface area contributed by atoms with E-state index in [0.29, 0.717) is 19.3 Å². The van der Waals surface area contributed by atoms with Crippen LogP contribution in [-0.2, 0) is 4.74 Å². The molecule has 0 aliphatic heterocycles. The molecule has 0 aliphatic rings. The first kappa shape index (κ1) is 22.6. The highest BCUT2D eigenvalue weighted by Crippen LogP contribution is 2.37. The van der Waals surface area contributed by atoms with Crippen LogP contribution in [0.3, 0.4) is 0 Å². The first-order chi connectivity index (χ1) is 10.7. The van der Waals surface area contributed by atoms with Crippen molar-refractivity contribution in [3.8, 4) is 0 Å². The Labute approximate surface area is 136 Å². The lowest BCUT2D eigenvalue weighted by molar-refractivity contribution is -0.175. The number of ether oxygens (including phenoxy) is 1. The first-order valence-corrected chi connectivity index (χ1v) is 8.19. The van der Waals surface area contributed by atoms with Gasteiger partial charge in [0.1, 0.15) is 0 Å². The Hall–Kier alpha value is -0.370. The van der Waals surface area contributed by atoms with E-state index in [0.717, 1.165) is 6.42 Å². The first-order valence-electron chi connectivity index (χ1n) is 8.19.